The first-order valence-corrected chi connectivity index (χ1v) is 10.6. The second-order valence-corrected chi connectivity index (χ2v) is 7.81. The molecule has 0 saturated carbocycles. The maximum absolute atomic E-state index is 12.2. The zero-order chi connectivity index (χ0) is 21.8. The number of para-hydroxylation sites is 2. The molecule has 0 fully saturated rings. The summed E-state index contributed by atoms with van der Waals surface area (Å²) in [4.78, 5) is 12.2. The van der Waals surface area contributed by atoms with E-state index >= 15 is 0 Å². The standard InChI is InChI=1S/C26H27N3O2/c1-4-29-23-11-7-5-10-21(23)22-15-19(13-14-24(22)29)16-27-28-26(30)17-31-25-12-8-6-9-20(25)18(2)3/h5-16,18H,4,17H2,1-3H3,(H,28,30)/b27-16+. The van der Waals surface area contributed by atoms with Gasteiger partial charge in [-0.25, -0.2) is 5.43 Å². The van der Waals surface area contributed by atoms with Gasteiger partial charge in [0.1, 0.15) is 5.75 Å². The van der Waals surface area contributed by atoms with Crippen LogP contribution in [0.25, 0.3) is 21.8 Å². The zero-order valence-electron chi connectivity index (χ0n) is 18.1. The number of ether oxygens (including phenoxy) is 1. The van der Waals surface area contributed by atoms with Gasteiger partial charge in [0.25, 0.3) is 5.91 Å². The maximum atomic E-state index is 12.2. The smallest absolute Gasteiger partial charge is 0.277 e. The Hall–Kier alpha value is -3.60. The van der Waals surface area contributed by atoms with E-state index in [2.05, 4.69) is 72.3 Å². The quantitative estimate of drug-likeness (QED) is 0.323. The number of nitrogens with zero attached hydrogens (tertiary/aromatic N) is 2. The van der Waals surface area contributed by atoms with Crippen molar-refractivity contribution in [2.75, 3.05) is 6.61 Å². The van der Waals surface area contributed by atoms with Crippen molar-refractivity contribution < 1.29 is 9.53 Å². The molecule has 5 nitrogen and oxygen atoms in total. The molecule has 1 heterocycles. The van der Waals surface area contributed by atoms with Crippen LogP contribution < -0.4 is 10.2 Å². The van der Waals surface area contributed by atoms with Crippen molar-refractivity contribution in [3.8, 4) is 5.75 Å². The van der Waals surface area contributed by atoms with Gasteiger partial charge >= 0.3 is 0 Å². The van der Waals surface area contributed by atoms with Gasteiger partial charge < -0.3 is 9.30 Å². The highest BCUT2D eigenvalue weighted by atomic mass is 16.5. The first-order chi connectivity index (χ1) is 15.1. The Balaban J connectivity index is 1.44. The van der Waals surface area contributed by atoms with Crippen molar-refractivity contribution in [3.05, 3.63) is 77.9 Å². The monoisotopic (exact) mass is 413 g/mol. The van der Waals surface area contributed by atoms with E-state index in [4.69, 9.17) is 4.74 Å². The minimum atomic E-state index is -0.293. The van der Waals surface area contributed by atoms with Crippen LogP contribution in [0.3, 0.4) is 0 Å². The predicted molar refractivity (Wildman–Crippen MR) is 127 cm³/mol. The normalized spacial score (nSPS) is 11.6. The van der Waals surface area contributed by atoms with Gasteiger partial charge in [-0.2, -0.15) is 5.10 Å². The van der Waals surface area contributed by atoms with Crippen molar-refractivity contribution in [2.45, 2.75) is 33.2 Å². The molecule has 158 valence electrons. The molecule has 5 heteroatoms. The number of nitrogens with one attached hydrogen (secondary N) is 1. The zero-order valence-corrected chi connectivity index (χ0v) is 18.1. The molecule has 0 bridgehead atoms. The molecule has 1 amide bonds. The molecule has 1 aromatic heterocycles. The molecule has 0 aliphatic heterocycles. The molecule has 4 rings (SSSR count). The first kappa shape index (κ1) is 20.7. The van der Waals surface area contributed by atoms with Gasteiger partial charge in [0.15, 0.2) is 6.61 Å². The van der Waals surface area contributed by atoms with Crippen LogP contribution in [-0.4, -0.2) is 23.3 Å². The van der Waals surface area contributed by atoms with Gasteiger partial charge in [-0.1, -0.05) is 56.3 Å². The maximum Gasteiger partial charge on any atom is 0.277 e. The Kier molecular flexibility index (Phi) is 6.03. The molecule has 0 spiro atoms. The predicted octanol–water partition coefficient (Wildman–Crippen LogP) is 5.47. The van der Waals surface area contributed by atoms with E-state index < -0.39 is 0 Å². The molecule has 3 aromatic carbocycles. The first-order valence-electron chi connectivity index (χ1n) is 10.6. The van der Waals surface area contributed by atoms with Crippen LogP contribution in [0.15, 0.2) is 71.8 Å². The highest BCUT2D eigenvalue weighted by Gasteiger charge is 2.10. The van der Waals surface area contributed by atoms with Gasteiger partial charge in [0, 0.05) is 28.4 Å². The van der Waals surface area contributed by atoms with Crippen molar-refractivity contribution in [3.63, 3.8) is 0 Å². The lowest BCUT2D eigenvalue weighted by Gasteiger charge is -2.12. The number of aryl methyl sites for hydroxylation is 1. The van der Waals surface area contributed by atoms with E-state index in [0.29, 0.717) is 5.92 Å². The number of amides is 1. The lowest BCUT2D eigenvalue weighted by molar-refractivity contribution is -0.123. The van der Waals surface area contributed by atoms with Gasteiger partial charge in [0.05, 0.1) is 6.21 Å². The van der Waals surface area contributed by atoms with Crippen molar-refractivity contribution >= 4 is 33.9 Å². The Bertz CT molecular complexity index is 1250. The third-order valence-corrected chi connectivity index (χ3v) is 5.42. The van der Waals surface area contributed by atoms with Crippen molar-refractivity contribution in [1.29, 1.82) is 0 Å². The van der Waals surface area contributed by atoms with Gasteiger partial charge in [-0.15, -0.1) is 0 Å². The number of fused-ring (bicyclic) bond motifs is 3. The SMILES string of the molecule is CCn1c2ccccc2c2cc(/C=N/NC(=O)COc3ccccc3C(C)C)ccc21. The topological polar surface area (TPSA) is 55.6 Å². The third-order valence-electron chi connectivity index (χ3n) is 5.42. The number of carbonyl (C=O) groups excluding carboxylic acids is 1. The summed E-state index contributed by atoms with van der Waals surface area (Å²) in [5, 5.41) is 6.51. The molecule has 4 aromatic rings. The van der Waals surface area contributed by atoms with Crippen LogP contribution in [0.1, 0.15) is 37.8 Å². The summed E-state index contributed by atoms with van der Waals surface area (Å²) in [6.45, 7) is 7.18. The fourth-order valence-electron chi connectivity index (χ4n) is 3.94. The average Bonchev–Trinajstić information content (AvgIpc) is 3.11. The fourth-order valence-corrected chi connectivity index (χ4v) is 3.94. The summed E-state index contributed by atoms with van der Waals surface area (Å²) in [5.41, 5.74) is 6.98. The van der Waals surface area contributed by atoms with E-state index in [1.54, 1.807) is 6.21 Å². The molecule has 0 saturated heterocycles. The molecule has 1 N–H and O–H groups in total. The molecule has 0 radical (unpaired) electrons. The molecule has 31 heavy (non-hydrogen) atoms. The Labute approximate surface area is 182 Å². The molecule has 0 atom stereocenters. The van der Waals surface area contributed by atoms with E-state index in [9.17, 15) is 4.79 Å². The molecular formula is C26H27N3O2. The van der Waals surface area contributed by atoms with E-state index in [0.717, 1.165) is 23.4 Å². The number of hydrazone groups is 1. The van der Waals surface area contributed by atoms with Gasteiger partial charge in [-0.05, 0) is 48.2 Å². The van der Waals surface area contributed by atoms with Gasteiger partial charge in [0.2, 0.25) is 0 Å². The van der Waals surface area contributed by atoms with Crippen molar-refractivity contribution in [2.24, 2.45) is 5.10 Å². The molecule has 0 unspecified atom stereocenters. The van der Waals surface area contributed by atoms with Crippen molar-refractivity contribution in [1.82, 2.24) is 9.99 Å². The van der Waals surface area contributed by atoms with Crippen LogP contribution in [0.4, 0.5) is 0 Å². The Morgan fingerprint density at radius 3 is 2.58 bits per heavy atom. The summed E-state index contributed by atoms with van der Waals surface area (Å²) in [6, 6.07) is 22.4. The van der Waals surface area contributed by atoms with Crippen LogP contribution >= 0.6 is 0 Å². The van der Waals surface area contributed by atoms with Crippen LogP contribution in [-0.2, 0) is 11.3 Å². The molecule has 0 aliphatic rings. The number of rotatable bonds is 7. The largest absolute Gasteiger partial charge is 0.483 e. The summed E-state index contributed by atoms with van der Waals surface area (Å²) in [6.07, 6.45) is 1.66. The summed E-state index contributed by atoms with van der Waals surface area (Å²) in [7, 11) is 0. The fraction of sp³-hybridized carbons (Fsp3) is 0.231. The second kappa shape index (κ2) is 9.04. The van der Waals surface area contributed by atoms with Crippen LogP contribution in [0, 0.1) is 0 Å². The van der Waals surface area contributed by atoms with Crippen LogP contribution in [0.2, 0.25) is 0 Å². The number of aromatic nitrogens is 1. The number of benzene rings is 3. The molecule has 0 aliphatic carbocycles. The Morgan fingerprint density at radius 2 is 1.77 bits per heavy atom. The van der Waals surface area contributed by atoms with Gasteiger partial charge in [-0.3, -0.25) is 4.79 Å². The summed E-state index contributed by atoms with van der Waals surface area (Å²) < 4.78 is 8.00. The minimum absolute atomic E-state index is 0.0793. The lowest BCUT2D eigenvalue weighted by Crippen LogP contribution is -2.24. The lowest BCUT2D eigenvalue weighted by atomic mass is 10.0. The van der Waals surface area contributed by atoms with E-state index in [1.807, 2.05) is 30.3 Å². The average molecular weight is 414 g/mol. The summed E-state index contributed by atoms with van der Waals surface area (Å²) >= 11 is 0. The summed E-state index contributed by atoms with van der Waals surface area (Å²) in [5.74, 6) is 0.763. The number of hydrogen-bond donors (Lipinski definition) is 1. The van der Waals surface area contributed by atoms with Crippen LogP contribution in [0.5, 0.6) is 5.75 Å². The van der Waals surface area contributed by atoms with E-state index in [1.165, 1.54) is 21.8 Å². The molecular weight excluding hydrogens is 386 g/mol. The minimum Gasteiger partial charge on any atom is -0.483 e. The third kappa shape index (κ3) is 4.31. The number of carbonyl (C=O) groups is 1. The van der Waals surface area contributed by atoms with E-state index in [-0.39, 0.29) is 12.5 Å². The Morgan fingerprint density at radius 1 is 1.03 bits per heavy atom. The highest BCUT2D eigenvalue weighted by molar-refractivity contribution is 6.09. The second-order valence-electron chi connectivity index (χ2n) is 7.81. The highest BCUT2D eigenvalue weighted by Crippen LogP contribution is 2.29. The number of hydrogen-bond acceptors (Lipinski definition) is 3.